The molecule has 0 radical (unpaired) electrons. The van der Waals surface area contributed by atoms with Gasteiger partial charge in [0.15, 0.2) is 16.4 Å². The predicted molar refractivity (Wildman–Crippen MR) is 109 cm³/mol. The van der Waals surface area contributed by atoms with E-state index in [2.05, 4.69) is 0 Å². The first-order valence-electron chi connectivity index (χ1n) is 9.15. The molecule has 0 bridgehead atoms. The van der Waals surface area contributed by atoms with Crippen molar-refractivity contribution in [3.05, 3.63) is 52.3 Å². The number of Topliss-reactive ketones (excluding diaryl/α,β-unsaturated/α-hetero) is 1. The van der Waals surface area contributed by atoms with Crippen molar-refractivity contribution in [1.29, 1.82) is 0 Å². The standard InChI is InChI=1S/C21H27NO6S/c1-13-7-8-17(29(6,25)26)10-18(13)21(24)28-12-20(23)19-9-14(2)22(16(19)4)15(3)11-27-5/h7-10,15H,11-12H2,1-6H3/t15-/m0/s1. The fraction of sp³-hybridized carbons (Fsp3) is 0.429. The van der Waals surface area contributed by atoms with Crippen LogP contribution in [0.3, 0.4) is 0 Å². The molecule has 1 heterocycles. The molecule has 1 atom stereocenters. The molecule has 0 aliphatic rings. The lowest BCUT2D eigenvalue weighted by Crippen LogP contribution is -2.17. The average molecular weight is 422 g/mol. The summed E-state index contributed by atoms with van der Waals surface area (Å²) in [7, 11) is -1.84. The second kappa shape index (κ2) is 8.92. The maximum atomic E-state index is 12.6. The number of ether oxygens (including phenoxy) is 2. The van der Waals surface area contributed by atoms with Crippen LogP contribution in [0.5, 0.6) is 0 Å². The van der Waals surface area contributed by atoms with Gasteiger partial charge in [-0.15, -0.1) is 0 Å². The molecular formula is C21H27NO6S. The molecular weight excluding hydrogens is 394 g/mol. The number of carbonyl (C=O) groups excluding carboxylic acids is 2. The highest BCUT2D eigenvalue weighted by atomic mass is 32.2. The van der Waals surface area contributed by atoms with E-state index in [-0.39, 0.29) is 22.3 Å². The van der Waals surface area contributed by atoms with Gasteiger partial charge in [-0.2, -0.15) is 0 Å². The van der Waals surface area contributed by atoms with E-state index in [4.69, 9.17) is 9.47 Å². The molecule has 8 heteroatoms. The molecule has 7 nitrogen and oxygen atoms in total. The number of hydrogen-bond acceptors (Lipinski definition) is 6. The average Bonchev–Trinajstić information content (AvgIpc) is 2.93. The van der Waals surface area contributed by atoms with Gasteiger partial charge in [0.25, 0.3) is 0 Å². The number of esters is 1. The van der Waals surface area contributed by atoms with Gasteiger partial charge >= 0.3 is 5.97 Å². The normalized spacial score (nSPS) is 12.6. The summed E-state index contributed by atoms with van der Waals surface area (Å²) in [5.74, 6) is -1.05. The second-order valence-corrected chi connectivity index (χ2v) is 9.22. The van der Waals surface area contributed by atoms with Crippen LogP contribution in [-0.2, 0) is 19.3 Å². The zero-order valence-corrected chi connectivity index (χ0v) is 18.4. The molecule has 0 aliphatic carbocycles. The Kier molecular flexibility index (Phi) is 7.02. The van der Waals surface area contributed by atoms with Crippen molar-refractivity contribution < 1.29 is 27.5 Å². The van der Waals surface area contributed by atoms with Crippen LogP contribution >= 0.6 is 0 Å². The minimum absolute atomic E-state index is 0.0250. The van der Waals surface area contributed by atoms with E-state index >= 15 is 0 Å². The van der Waals surface area contributed by atoms with Crippen molar-refractivity contribution in [3.8, 4) is 0 Å². The van der Waals surface area contributed by atoms with E-state index in [1.807, 2.05) is 25.3 Å². The highest BCUT2D eigenvalue weighted by Crippen LogP contribution is 2.22. The third-order valence-corrected chi connectivity index (χ3v) is 5.94. The number of sulfone groups is 1. The number of rotatable bonds is 8. The van der Waals surface area contributed by atoms with Crippen LogP contribution in [0, 0.1) is 20.8 Å². The number of ketones is 1. The molecule has 0 unspecified atom stereocenters. The van der Waals surface area contributed by atoms with Crippen molar-refractivity contribution in [3.63, 3.8) is 0 Å². The van der Waals surface area contributed by atoms with Gasteiger partial charge in [0.2, 0.25) is 5.78 Å². The summed E-state index contributed by atoms with van der Waals surface area (Å²) in [6, 6.07) is 6.08. The Morgan fingerprint density at radius 1 is 1.10 bits per heavy atom. The molecule has 158 valence electrons. The van der Waals surface area contributed by atoms with Gasteiger partial charge in [-0.25, -0.2) is 13.2 Å². The molecule has 29 heavy (non-hydrogen) atoms. The van der Waals surface area contributed by atoms with E-state index in [0.717, 1.165) is 17.6 Å². The van der Waals surface area contributed by atoms with Crippen molar-refractivity contribution in [2.24, 2.45) is 0 Å². The SMILES string of the molecule is COC[C@H](C)n1c(C)cc(C(=O)COC(=O)c2cc(S(C)(=O)=O)ccc2C)c1C. The quantitative estimate of drug-likeness (QED) is 0.481. The second-order valence-electron chi connectivity index (χ2n) is 7.21. The maximum absolute atomic E-state index is 12.6. The van der Waals surface area contributed by atoms with Crippen LogP contribution in [0.15, 0.2) is 29.2 Å². The lowest BCUT2D eigenvalue weighted by Gasteiger charge is -2.17. The summed E-state index contributed by atoms with van der Waals surface area (Å²) in [6.07, 6.45) is 1.07. The third kappa shape index (κ3) is 5.13. The van der Waals surface area contributed by atoms with Crippen LogP contribution in [0.2, 0.25) is 0 Å². The Morgan fingerprint density at radius 2 is 1.76 bits per heavy atom. The fourth-order valence-corrected chi connectivity index (χ4v) is 4.04. The van der Waals surface area contributed by atoms with Gasteiger partial charge in [0.05, 0.1) is 23.1 Å². The summed E-state index contributed by atoms with van der Waals surface area (Å²) in [4.78, 5) is 25.1. The van der Waals surface area contributed by atoms with Crippen LogP contribution in [0.4, 0.5) is 0 Å². The molecule has 0 saturated carbocycles. The van der Waals surface area contributed by atoms with Crippen LogP contribution in [0.25, 0.3) is 0 Å². The zero-order chi connectivity index (χ0) is 21.9. The first-order valence-corrected chi connectivity index (χ1v) is 11.0. The monoisotopic (exact) mass is 421 g/mol. The smallest absolute Gasteiger partial charge is 0.338 e. The van der Waals surface area contributed by atoms with E-state index in [1.54, 1.807) is 26.2 Å². The Bertz CT molecular complexity index is 1040. The van der Waals surface area contributed by atoms with Crippen molar-refractivity contribution in [1.82, 2.24) is 4.57 Å². The number of carbonyl (C=O) groups is 2. The van der Waals surface area contributed by atoms with Crippen LogP contribution in [-0.4, -0.2) is 51.3 Å². The van der Waals surface area contributed by atoms with Gasteiger partial charge in [0.1, 0.15) is 0 Å². The molecule has 0 amide bonds. The van der Waals surface area contributed by atoms with E-state index in [0.29, 0.717) is 17.7 Å². The van der Waals surface area contributed by atoms with Crippen LogP contribution < -0.4 is 0 Å². The maximum Gasteiger partial charge on any atom is 0.338 e. The van der Waals surface area contributed by atoms with Gasteiger partial charge in [-0.05, 0) is 51.5 Å². The Morgan fingerprint density at radius 3 is 2.34 bits per heavy atom. The predicted octanol–water partition coefficient (Wildman–Crippen LogP) is 3.06. The Labute approximate surface area is 171 Å². The summed E-state index contributed by atoms with van der Waals surface area (Å²) in [5.41, 5.74) is 2.88. The molecule has 1 aromatic heterocycles. The summed E-state index contributed by atoms with van der Waals surface area (Å²) >= 11 is 0. The first-order chi connectivity index (χ1) is 13.5. The summed E-state index contributed by atoms with van der Waals surface area (Å²) in [6.45, 7) is 7.50. The minimum atomic E-state index is -3.46. The number of aryl methyl sites for hydroxylation is 2. The molecule has 0 fully saturated rings. The lowest BCUT2D eigenvalue weighted by atomic mass is 10.1. The molecule has 0 aliphatic heterocycles. The Balaban J connectivity index is 2.18. The van der Waals surface area contributed by atoms with Gasteiger partial charge in [-0.1, -0.05) is 6.07 Å². The number of nitrogens with zero attached hydrogens (tertiary/aromatic N) is 1. The molecule has 0 N–H and O–H groups in total. The van der Waals surface area contributed by atoms with Crippen molar-refractivity contribution in [2.45, 2.75) is 38.6 Å². The molecule has 2 aromatic rings. The number of methoxy groups -OCH3 is 1. The molecule has 2 rings (SSSR count). The lowest BCUT2D eigenvalue weighted by molar-refractivity contribution is 0.0473. The third-order valence-electron chi connectivity index (χ3n) is 4.82. The zero-order valence-electron chi connectivity index (χ0n) is 17.6. The summed E-state index contributed by atoms with van der Waals surface area (Å²) < 4.78 is 35.8. The molecule has 0 saturated heterocycles. The highest BCUT2D eigenvalue weighted by molar-refractivity contribution is 7.90. The number of benzene rings is 1. The van der Waals surface area contributed by atoms with E-state index in [9.17, 15) is 18.0 Å². The minimum Gasteiger partial charge on any atom is -0.454 e. The highest BCUT2D eigenvalue weighted by Gasteiger charge is 2.21. The van der Waals surface area contributed by atoms with Gasteiger partial charge in [-0.3, -0.25) is 4.79 Å². The van der Waals surface area contributed by atoms with Gasteiger partial charge in [0, 0.05) is 30.3 Å². The molecule has 0 spiro atoms. The topological polar surface area (TPSA) is 91.7 Å². The number of aromatic nitrogens is 1. The number of hydrogen-bond donors (Lipinski definition) is 0. The van der Waals surface area contributed by atoms with E-state index in [1.165, 1.54) is 12.1 Å². The van der Waals surface area contributed by atoms with Gasteiger partial charge < -0.3 is 14.0 Å². The Hall–Kier alpha value is -2.45. The van der Waals surface area contributed by atoms with E-state index < -0.39 is 22.4 Å². The molecule has 1 aromatic carbocycles. The van der Waals surface area contributed by atoms with Crippen molar-refractivity contribution >= 4 is 21.6 Å². The largest absolute Gasteiger partial charge is 0.454 e. The van der Waals surface area contributed by atoms with Crippen LogP contribution in [0.1, 0.15) is 50.6 Å². The summed E-state index contributed by atoms with van der Waals surface area (Å²) in [5, 5.41) is 0. The fourth-order valence-electron chi connectivity index (χ4n) is 3.39. The first kappa shape index (κ1) is 22.8. The van der Waals surface area contributed by atoms with Crippen molar-refractivity contribution in [2.75, 3.05) is 26.6 Å².